The van der Waals surface area contributed by atoms with Crippen LogP contribution in [0.15, 0.2) is 47.4 Å². The van der Waals surface area contributed by atoms with Crippen LogP contribution in [0, 0.1) is 0 Å². The van der Waals surface area contributed by atoms with E-state index in [-0.39, 0.29) is 5.91 Å². The Labute approximate surface area is 143 Å². The van der Waals surface area contributed by atoms with Gasteiger partial charge in [-0.2, -0.15) is 8.78 Å². The Morgan fingerprint density at radius 3 is 2.33 bits per heavy atom. The molecule has 0 aliphatic rings. The fourth-order valence-electron chi connectivity index (χ4n) is 2.06. The molecule has 1 amide bonds. The van der Waals surface area contributed by atoms with Gasteiger partial charge in [-0.25, -0.2) is 0 Å². The van der Waals surface area contributed by atoms with Gasteiger partial charge in [-0.15, -0.1) is 0 Å². The number of amides is 1. The van der Waals surface area contributed by atoms with E-state index in [0.717, 1.165) is 5.56 Å². The third-order valence-corrected chi connectivity index (χ3v) is 3.97. The number of carbonyl (C=O) groups is 1. The zero-order chi connectivity index (χ0) is 17.5. The minimum Gasteiger partial charge on any atom is -0.493 e. The standard InChI is InChI=1S/C17H17F2NO3S/c1-22-14-8-3-11(9-15(14)23-2)10-20-16(21)12-4-6-13(7-5-12)24-17(18)19/h3-9,17H,10H2,1-2H3,(H,20,21). The second-order valence-electron chi connectivity index (χ2n) is 4.77. The topological polar surface area (TPSA) is 47.6 Å². The van der Waals surface area contributed by atoms with Crippen LogP contribution in [0.2, 0.25) is 0 Å². The molecule has 24 heavy (non-hydrogen) atoms. The average Bonchev–Trinajstić information content (AvgIpc) is 2.59. The van der Waals surface area contributed by atoms with Gasteiger partial charge in [0.1, 0.15) is 0 Å². The van der Waals surface area contributed by atoms with E-state index in [2.05, 4.69) is 5.32 Å². The summed E-state index contributed by atoms with van der Waals surface area (Å²) in [4.78, 5) is 12.5. The molecule has 0 radical (unpaired) electrons. The van der Waals surface area contributed by atoms with Crippen LogP contribution in [-0.2, 0) is 6.54 Å². The Morgan fingerprint density at radius 2 is 1.75 bits per heavy atom. The molecular weight excluding hydrogens is 336 g/mol. The van der Waals surface area contributed by atoms with Crippen molar-refractivity contribution >= 4 is 17.7 Å². The number of nitrogens with one attached hydrogen (secondary N) is 1. The molecular formula is C17H17F2NO3S. The molecule has 0 aliphatic heterocycles. The zero-order valence-corrected chi connectivity index (χ0v) is 14.0. The molecule has 128 valence electrons. The number of methoxy groups -OCH3 is 2. The predicted molar refractivity (Wildman–Crippen MR) is 89.0 cm³/mol. The molecule has 2 aromatic carbocycles. The molecule has 0 saturated heterocycles. The summed E-state index contributed by atoms with van der Waals surface area (Å²) in [5.74, 6) is -1.56. The lowest BCUT2D eigenvalue weighted by molar-refractivity contribution is 0.0951. The first-order valence-electron chi connectivity index (χ1n) is 7.07. The molecule has 0 unspecified atom stereocenters. The number of ether oxygens (including phenoxy) is 2. The van der Waals surface area contributed by atoms with Crippen molar-refractivity contribution in [3.05, 3.63) is 53.6 Å². The average molecular weight is 353 g/mol. The number of alkyl halides is 2. The van der Waals surface area contributed by atoms with Crippen LogP contribution in [0.1, 0.15) is 15.9 Å². The molecule has 7 heteroatoms. The van der Waals surface area contributed by atoms with Crippen LogP contribution >= 0.6 is 11.8 Å². The summed E-state index contributed by atoms with van der Waals surface area (Å²) in [6, 6.07) is 11.4. The second kappa shape index (κ2) is 8.54. The van der Waals surface area contributed by atoms with Crippen molar-refractivity contribution in [3.8, 4) is 11.5 Å². The first kappa shape index (κ1) is 18.1. The summed E-state index contributed by atoms with van der Waals surface area (Å²) in [5, 5.41) is 2.77. The highest BCUT2D eigenvalue weighted by Crippen LogP contribution is 2.27. The lowest BCUT2D eigenvalue weighted by Gasteiger charge is -2.10. The molecule has 2 rings (SSSR count). The van der Waals surface area contributed by atoms with E-state index in [0.29, 0.717) is 40.3 Å². The number of benzene rings is 2. The van der Waals surface area contributed by atoms with Gasteiger partial charge < -0.3 is 14.8 Å². The molecule has 2 aromatic rings. The fraction of sp³-hybridized carbons (Fsp3) is 0.235. The third-order valence-electron chi connectivity index (χ3n) is 3.24. The van der Waals surface area contributed by atoms with Crippen molar-refractivity contribution in [2.45, 2.75) is 17.2 Å². The van der Waals surface area contributed by atoms with E-state index in [4.69, 9.17) is 9.47 Å². The Bertz CT molecular complexity index is 693. The summed E-state index contributed by atoms with van der Waals surface area (Å²) in [6.07, 6.45) is 0. The fourth-order valence-corrected chi connectivity index (χ4v) is 2.56. The van der Waals surface area contributed by atoms with Gasteiger partial charge in [-0.1, -0.05) is 17.8 Å². The first-order valence-corrected chi connectivity index (χ1v) is 7.95. The quantitative estimate of drug-likeness (QED) is 0.766. The largest absolute Gasteiger partial charge is 0.493 e. The van der Waals surface area contributed by atoms with Crippen LogP contribution in [0.4, 0.5) is 8.78 Å². The summed E-state index contributed by atoms with van der Waals surface area (Å²) in [5.41, 5.74) is 1.26. The number of thioether (sulfide) groups is 1. The third kappa shape index (κ3) is 4.86. The number of hydrogen-bond donors (Lipinski definition) is 1. The number of rotatable bonds is 7. The lowest BCUT2D eigenvalue weighted by Crippen LogP contribution is -2.22. The monoisotopic (exact) mass is 353 g/mol. The molecule has 0 heterocycles. The first-order chi connectivity index (χ1) is 11.5. The number of halogens is 2. The predicted octanol–water partition coefficient (Wildman–Crippen LogP) is 3.95. The molecule has 0 bridgehead atoms. The van der Waals surface area contributed by atoms with Crippen molar-refractivity contribution in [3.63, 3.8) is 0 Å². The lowest BCUT2D eigenvalue weighted by atomic mass is 10.1. The molecule has 0 aliphatic carbocycles. The van der Waals surface area contributed by atoms with Gasteiger partial charge in [0.05, 0.1) is 14.2 Å². The molecule has 0 saturated carbocycles. The Hall–Kier alpha value is -2.28. The van der Waals surface area contributed by atoms with Crippen LogP contribution in [-0.4, -0.2) is 25.9 Å². The molecule has 0 spiro atoms. The van der Waals surface area contributed by atoms with Crippen molar-refractivity contribution in [1.82, 2.24) is 5.32 Å². The number of carbonyl (C=O) groups excluding carboxylic acids is 1. The van der Waals surface area contributed by atoms with Gasteiger partial charge in [0.2, 0.25) is 0 Å². The van der Waals surface area contributed by atoms with Crippen LogP contribution in [0.5, 0.6) is 11.5 Å². The number of hydrogen-bond acceptors (Lipinski definition) is 4. The van der Waals surface area contributed by atoms with Gasteiger partial charge in [-0.05, 0) is 42.0 Å². The highest BCUT2D eigenvalue weighted by Gasteiger charge is 2.09. The maximum Gasteiger partial charge on any atom is 0.288 e. The highest BCUT2D eigenvalue weighted by molar-refractivity contribution is 7.99. The van der Waals surface area contributed by atoms with E-state index in [1.807, 2.05) is 6.07 Å². The van der Waals surface area contributed by atoms with E-state index >= 15 is 0 Å². The van der Waals surface area contributed by atoms with Gasteiger partial charge in [0.15, 0.2) is 11.5 Å². The second-order valence-corrected chi connectivity index (χ2v) is 5.84. The van der Waals surface area contributed by atoms with Gasteiger partial charge in [0.25, 0.3) is 11.7 Å². The van der Waals surface area contributed by atoms with Gasteiger partial charge in [-0.3, -0.25) is 4.79 Å². The molecule has 1 N–H and O–H groups in total. The Kier molecular flexibility index (Phi) is 6.43. The molecule has 4 nitrogen and oxygen atoms in total. The zero-order valence-electron chi connectivity index (χ0n) is 13.2. The van der Waals surface area contributed by atoms with E-state index in [9.17, 15) is 13.6 Å². The van der Waals surface area contributed by atoms with E-state index in [1.165, 1.54) is 24.3 Å². The molecule has 0 aromatic heterocycles. The van der Waals surface area contributed by atoms with E-state index < -0.39 is 5.76 Å². The van der Waals surface area contributed by atoms with Crippen LogP contribution in [0.25, 0.3) is 0 Å². The van der Waals surface area contributed by atoms with Crippen molar-refractivity contribution in [2.24, 2.45) is 0 Å². The molecule has 0 atom stereocenters. The normalized spacial score (nSPS) is 10.5. The Balaban J connectivity index is 1.97. The minimum absolute atomic E-state index is 0.279. The minimum atomic E-state index is -2.48. The smallest absolute Gasteiger partial charge is 0.288 e. The maximum absolute atomic E-state index is 12.3. The van der Waals surface area contributed by atoms with E-state index in [1.54, 1.807) is 26.4 Å². The van der Waals surface area contributed by atoms with Crippen molar-refractivity contribution in [2.75, 3.05) is 14.2 Å². The van der Waals surface area contributed by atoms with Gasteiger partial charge >= 0.3 is 0 Å². The summed E-state index contributed by atoms with van der Waals surface area (Å²) >= 11 is 0.446. The Morgan fingerprint density at radius 1 is 1.08 bits per heavy atom. The summed E-state index contributed by atoms with van der Waals surface area (Å²) in [6.45, 7) is 0.312. The van der Waals surface area contributed by atoms with Crippen LogP contribution < -0.4 is 14.8 Å². The molecule has 0 fully saturated rings. The van der Waals surface area contributed by atoms with Crippen LogP contribution in [0.3, 0.4) is 0 Å². The summed E-state index contributed by atoms with van der Waals surface area (Å²) < 4.78 is 34.9. The maximum atomic E-state index is 12.3. The van der Waals surface area contributed by atoms with Gasteiger partial charge in [0, 0.05) is 17.0 Å². The highest BCUT2D eigenvalue weighted by atomic mass is 32.2. The van der Waals surface area contributed by atoms with Crippen molar-refractivity contribution < 1.29 is 23.0 Å². The summed E-state index contributed by atoms with van der Waals surface area (Å²) in [7, 11) is 3.09. The SMILES string of the molecule is COc1ccc(CNC(=O)c2ccc(SC(F)F)cc2)cc1OC. The van der Waals surface area contributed by atoms with Crippen molar-refractivity contribution in [1.29, 1.82) is 0 Å².